The molecule has 0 aliphatic carbocycles. The Morgan fingerprint density at radius 3 is 2.32 bits per heavy atom. The summed E-state index contributed by atoms with van der Waals surface area (Å²) < 4.78 is 37.8. The monoisotopic (exact) mass is 466 g/mol. The summed E-state index contributed by atoms with van der Waals surface area (Å²) in [6.45, 7) is 4.39. The Balaban J connectivity index is 1.58. The summed E-state index contributed by atoms with van der Waals surface area (Å²) >= 11 is 6.23. The van der Waals surface area contributed by atoms with Gasteiger partial charge in [-0.05, 0) is 69.2 Å². The molecule has 0 unspecified atom stereocenters. The number of nitrogens with one attached hydrogen (secondary N) is 1. The number of hydrogen-bond donors (Lipinski definition) is 1. The molecule has 0 spiro atoms. The number of piperidine rings is 1. The lowest BCUT2D eigenvalue weighted by molar-refractivity contribution is -0.120. The molecule has 31 heavy (non-hydrogen) atoms. The number of amides is 1. The van der Waals surface area contributed by atoms with Crippen molar-refractivity contribution >= 4 is 33.2 Å². The number of anilines is 1. The number of benzene rings is 2. The van der Waals surface area contributed by atoms with Gasteiger partial charge in [0.05, 0.1) is 23.1 Å². The van der Waals surface area contributed by atoms with Crippen LogP contribution in [0.3, 0.4) is 0 Å². The van der Waals surface area contributed by atoms with Crippen molar-refractivity contribution in [1.82, 2.24) is 4.31 Å². The minimum atomic E-state index is -3.60. The van der Waals surface area contributed by atoms with E-state index in [1.165, 1.54) is 23.5 Å². The lowest BCUT2D eigenvalue weighted by Gasteiger charge is -2.30. The van der Waals surface area contributed by atoms with Crippen LogP contribution in [-0.4, -0.2) is 44.9 Å². The summed E-state index contributed by atoms with van der Waals surface area (Å²) in [5.74, 6) is 0.743. The molecule has 1 aliphatic heterocycles. The van der Waals surface area contributed by atoms with Crippen molar-refractivity contribution in [3.05, 3.63) is 47.5 Å². The van der Waals surface area contributed by atoms with Gasteiger partial charge in [0.25, 0.3) is 0 Å². The van der Waals surface area contributed by atoms with Crippen molar-refractivity contribution in [2.45, 2.75) is 37.7 Å². The fourth-order valence-corrected chi connectivity index (χ4v) is 5.12. The number of ether oxygens (including phenoxy) is 2. The van der Waals surface area contributed by atoms with Gasteiger partial charge < -0.3 is 14.8 Å². The molecule has 0 aromatic heterocycles. The molecule has 2 aromatic rings. The molecule has 1 fully saturated rings. The van der Waals surface area contributed by atoms with E-state index >= 15 is 0 Å². The lowest BCUT2D eigenvalue weighted by atomic mass is 9.97. The van der Waals surface area contributed by atoms with Gasteiger partial charge in [0, 0.05) is 24.7 Å². The predicted octanol–water partition coefficient (Wildman–Crippen LogP) is 4.18. The maximum atomic E-state index is 12.9. The molecular formula is C22H27ClN2O5S. The molecule has 1 saturated heterocycles. The van der Waals surface area contributed by atoms with Crippen LogP contribution in [0, 0.1) is 5.92 Å². The molecule has 9 heteroatoms. The molecule has 3 rings (SSSR count). The second-order valence-electron chi connectivity index (χ2n) is 7.65. The Kier molecular flexibility index (Phi) is 7.46. The third-order valence-electron chi connectivity index (χ3n) is 5.08. The zero-order chi connectivity index (χ0) is 22.6. The Morgan fingerprint density at radius 2 is 1.77 bits per heavy atom. The van der Waals surface area contributed by atoms with Crippen molar-refractivity contribution in [3.8, 4) is 11.5 Å². The second-order valence-corrected chi connectivity index (χ2v) is 10.0. The number of hydrogen-bond acceptors (Lipinski definition) is 5. The molecular weight excluding hydrogens is 440 g/mol. The Labute approximate surface area is 188 Å². The number of carbonyl (C=O) groups is 1. The molecule has 1 N–H and O–H groups in total. The molecule has 0 bridgehead atoms. The van der Waals surface area contributed by atoms with E-state index in [9.17, 15) is 13.2 Å². The summed E-state index contributed by atoms with van der Waals surface area (Å²) in [6, 6.07) is 11.4. The number of rotatable bonds is 7. The minimum Gasteiger partial charge on any atom is -0.497 e. The zero-order valence-electron chi connectivity index (χ0n) is 17.8. The highest BCUT2D eigenvalue weighted by Crippen LogP contribution is 2.30. The topological polar surface area (TPSA) is 84.9 Å². The zero-order valence-corrected chi connectivity index (χ0v) is 19.4. The quantitative estimate of drug-likeness (QED) is 0.661. The first kappa shape index (κ1) is 23.4. The van der Waals surface area contributed by atoms with E-state index < -0.39 is 10.0 Å². The van der Waals surface area contributed by atoms with Crippen LogP contribution in [0.1, 0.15) is 26.7 Å². The Hall–Kier alpha value is -2.29. The molecule has 0 atom stereocenters. The number of methoxy groups -OCH3 is 1. The summed E-state index contributed by atoms with van der Waals surface area (Å²) in [5.41, 5.74) is 0.583. The molecule has 2 aromatic carbocycles. The van der Waals surface area contributed by atoms with E-state index in [0.29, 0.717) is 35.1 Å². The smallest absolute Gasteiger partial charge is 0.243 e. The van der Waals surface area contributed by atoms with Crippen LogP contribution >= 0.6 is 11.6 Å². The van der Waals surface area contributed by atoms with E-state index in [4.69, 9.17) is 21.1 Å². The van der Waals surface area contributed by atoms with E-state index in [2.05, 4.69) is 5.32 Å². The average Bonchev–Trinajstić information content (AvgIpc) is 2.75. The highest BCUT2D eigenvalue weighted by molar-refractivity contribution is 7.89. The van der Waals surface area contributed by atoms with Crippen LogP contribution in [0.25, 0.3) is 0 Å². The number of nitrogens with zero attached hydrogens (tertiary/aromatic N) is 1. The average molecular weight is 467 g/mol. The van der Waals surface area contributed by atoms with Gasteiger partial charge in [0.2, 0.25) is 15.9 Å². The first-order valence-electron chi connectivity index (χ1n) is 10.1. The Bertz CT molecular complexity index is 1020. The first-order valence-corrected chi connectivity index (χ1v) is 11.9. The fraction of sp³-hybridized carbons (Fsp3) is 0.409. The summed E-state index contributed by atoms with van der Waals surface area (Å²) in [6.07, 6.45) is 0.893. The van der Waals surface area contributed by atoms with Gasteiger partial charge in [-0.15, -0.1) is 0 Å². The van der Waals surface area contributed by atoms with Crippen LogP contribution in [0.15, 0.2) is 47.4 Å². The largest absolute Gasteiger partial charge is 0.497 e. The fourth-order valence-electron chi connectivity index (χ4n) is 3.43. The van der Waals surface area contributed by atoms with Gasteiger partial charge in [-0.2, -0.15) is 4.31 Å². The second kappa shape index (κ2) is 9.89. The number of carbonyl (C=O) groups excluding carboxylic acids is 1. The van der Waals surface area contributed by atoms with Gasteiger partial charge >= 0.3 is 0 Å². The standard InChI is InChI=1S/C22H27ClN2O5S/c1-15(2)30-21-9-4-17(14-20(21)23)24-22(26)16-10-12-25(13-11-16)31(27,28)19-7-5-18(29-3)6-8-19/h4-9,14-16H,10-13H2,1-3H3,(H,24,26). The van der Waals surface area contributed by atoms with Crippen LogP contribution in [0.5, 0.6) is 11.5 Å². The maximum absolute atomic E-state index is 12.9. The minimum absolute atomic E-state index is 0.00248. The van der Waals surface area contributed by atoms with Crippen LogP contribution in [0.2, 0.25) is 5.02 Å². The molecule has 0 radical (unpaired) electrons. The van der Waals surface area contributed by atoms with Crippen LogP contribution in [-0.2, 0) is 14.8 Å². The third kappa shape index (κ3) is 5.70. The van der Waals surface area contributed by atoms with E-state index in [1.807, 2.05) is 13.8 Å². The maximum Gasteiger partial charge on any atom is 0.243 e. The molecule has 1 aliphatic rings. The van der Waals surface area contributed by atoms with E-state index in [1.54, 1.807) is 30.3 Å². The van der Waals surface area contributed by atoms with Crippen molar-refractivity contribution in [2.24, 2.45) is 5.92 Å². The first-order chi connectivity index (χ1) is 14.7. The molecule has 1 amide bonds. The van der Waals surface area contributed by atoms with Gasteiger partial charge in [-0.1, -0.05) is 11.6 Å². The van der Waals surface area contributed by atoms with E-state index in [0.717, 1.165) is 0 Å². The molecule has 0 saturated carbocycles. The van der Waals surface area contributed by atoms with Crippen molar-refractivity contribution in [1.29, 1.82) is 0 Å². The summed E-state index contributed by atoms with van der Waals surface area (Å²) in [4.78, 5) is 12.9. The van der Waals surface area contributed by atoms with Gasteiger partial charge in [0.1, 0.15) is 11.5 Å². The van der Waals surface area contributed by atoms with Crippen molar-refractivity contribution in [2.75, 3.05) is 25.5 Å². The highest BCUT2D eigenvalue weighted by Gasteiger charge is 2.32. The lowest BCUT2D eigenvalue weighted by Crippen LogP contribution is -2.41. The molecule has 1 heterocycles. The number of sulfonamides is 1. The summed E-state index contributed by atoms with van der Waals surface area (Å²) in [7, 11) is -2.07. The molecule has 7 nitrogen and oxygen atoms in total. The van der Waals surface area contributed by atoms with Gasteiger partial charge in [-0.3, -0.25) is 4.79 Å². The normalized spacial score (nSPS) is 15.6. The van der Waals surface area contributed by atoms with E-state index in [-0.39, 0.29) is 35.9 Å². The van der Waals surface area contributed by atoms with Gasteiger partial charge in [0.15, 0.2) is 0 Å². The van der Waals surface area contributed by atoms with Crippen molar-refractivity contribution in [3.63, 3.8) is 0 Å². The Morgan fingerprint density at radius 1 is 1.13 bits per heavy atom. The van der Waals surface area contributed by atoms with Crippen molar-refractivity contribution < 1.29 is 22.7 Å². The predicted molar refractivity (Wildman–Crippen MR) is 120 cm³/mol. The SMILES string of the molecule is COc1ccc(S(=O)(=O)N2CCC(C(=O)Nc3ccc(OC(C)C)c(Cl)c3)CC2)cc1. The third-order valence-corrected chi connectivity index (χ3v) is 7.29. The highest BCUT2D eigenvalue weighted by atomic mass is 35.5. The summed E-state index contributed by atoms with van der Waals surface area (Å²) in [5, 5.41) is 3.29. The van der Waals surface area contributed by atoms with Crippen LogP contribution in [0.4, 0.5) is 5.69 Å². The van der Waals surface area contributed by atoms with Gasteiger partial charge in [-0.25, -0.2) is 8.42 Å². The number of halogens is 1. The van der Waals surface area contributed by atoms with Crippen LogP contribution < -0.4 is 14.8 Å². The molecule has 168 valence electrons.